The third kappa shape index (κ3) is 4.02. The van der Waals surface area contributed by atoms with Crippen molar-refractivity contribution in [2.75, 3.05) is 11.4 Å². The fourth-order valence-corrected chi connectivity index (χ4v) is 3.78. The number of nitrogens with zero attached hydrogens (tertiary/aromatic N) is 1. The van der Waals surface area contributed by atoms with E-state index in [1.807, 2.05) is 30.3 Å². The third-order valence-corrected chi connectivity index (χ3v) is 4.90. The van der Waals surface area contributed by atoms with E-state index in [4.69, 9.17) is 0 Å². The van der Waals surface area contributed by atoms with E-state index in [0.29, 0.717) is 13.0 Å². The summed E-state index contributed by atoms with van der Waals surface area (Å²) in [6, 6.07) is 18.5. The topological polar surface area (TPSA) is 37.4 Å². The van der Waals surface area contributed by atoms with Gasteiger partial charge in [-0.25, -0.2) is 0 Å². The van der Waals surface area contributed by atoms with Crippen LogP contribution in [0.15, 0.2) is 54.6 Å². The lowest BCUT2D eigenvalue weighted by molar-refractivity contribution is -0.117. The molecule has 3 rings (SSSR count). The summed E-state index contributed by atoms with van der Waals surface area (Å²) in [7, 11) is 0. The first-order valence-electron chi connectivity index (χ1n) is 7.72. The van der Waals surface area contributed by atoms with Crippen molar-refractivity contribution in [3.8, 4) is 0 Å². The molecular weight excluding hydrogens is 306 g/mol. The molecule has 2 aromatic rings. The van der Waals surface area contributed by atoms with E-state index >= 15 is 0 Å². The summed E-state index contributed by atoms with van der Waals surface area (Å²) in [5.41, 5.74) is 3.41. The molecule has 1 fully saturated rings. The zero-order chi connectivity index (χ0) is 16.2. The molecule has 0 N–H and O–H groups in total. The molecular formula is C19H19NO2S. The molecule has 0 aliphatic carbocycles. The summed E-state index contributed by atoms with van der Waals surface area (Å²) >= 11 is 1.27. The molecule has 2 aromatic carbocycles. The minimum absolute atomic E-state index is 0.0721. The zero-order valence-corrected chi connectivity index (χ0v) is 13.9. The van der Waals surface area contributed by atoms with Crippen LogP contribution in [0.4, 0.5) is 5.69 Å². The molecule has 1 unspecified atom stereocenters. The molecule has 4 heteroatoms. The van der Waals surface area contributed by atoms with E-state index in [9.17, 15) is 9.59 Å². The summed E-state index contributed by atoms with van der Waals surface area (Å²) < 4.78 is 0. The lowest BCUT2D eigenvalue weighted by atomic mass is 10.0. The zero-order valence-electron chi connectivity index (χ0n) is 13.1. The molecule has 1 amide bonds. The van der Waals surface area contributed by atoms with Crippen molar-refractivity contribution in [2.45, 2.75) is 25.0 Å². The van der Waals surface area contributed by atoms with Gasteiger partial charge in [0.15, 0.2) is 5.12 Å². The van der Waals surface area contributed by atoms with Gasteiger partial charge in [0.2, 0.25) is 5.91 Å². The van der Waals surface area contributed by atoms with Crippen LogP contribution >= 0.6 is 11.8 Å². The maximum Gasteiger partial charge on any atom is 0.228 e. The van der Waals surface area contributed by atoms with Gasteiger partial charge in [-0.15, -0.1) is 0 Å². The van der Waals surface area contributed by atoms with Gasteiger partial charge in [-0.3, -0.25) is 9.59 Å². The number of anilines is 1. The summed E-state index contributed by atoms with van der Waals surface area (Å²) in [5.74, 6) is 0.0968. The fourth-order valence-electron chi connectivity index (χ4n) is 2.86. The summed E-state index contributed by atoms with van der Waals surface area (Å²) in [5, 5.41) is 0.145. The third-order valence-electron chi connectivity index (χ3n) is 3.92. The van der Waals surface area contributed by atoms with Crippen LogP contribution < -0.4 is 4.90 Å². The standard InChI is InChI=1S/C19H19NO2S/c1-14(21)23-18-12-19(22)20(13-18)17-9-7-16(8-10-17)11-15-5-3-2-4-6-15/h2-10,18H,11-13H2,1H3. The van der Waals surface area contributed by atoms with Gasteiger partial charge in [0.1, 0.15) is 0 Å². The van der Waals surface area contributed by atoms with Crippen molar-refractivity contribution in [3.63, 3.8) is 0 Å². The Morgan fingerprint density at radius 3 is 2.39 bits per heavy atom. The Balaban J connectivity index is 1.67. The normalized spacial score (nSPS) is 17.5. The van der Waals surface area contributed by atoms with E-state index in [0.717, 1.165) is 12.1 Å². The Labute approximate surface area is 140 Å². The van der Waals surface area contributed by atoms with Gasteiger partial charge in [0.25, 0.3) is 0 Å². The lowest BCUT2D eigenvalue weighted by Gasteiger charge is -2.17. The predicted molar refractivity (Wildman–Crippen MR) is 94.7 cm³/mol. The molecule has 1 saturated heterocycles. The van der Waals surface area contributed by atoms with Crippen molar-refractivity contribution < 1.29 is 9.59 Å². The highest BCUT2D eigenvalue weighted by Crippen LogP contribution is 2.29. The highest BCUT2D eigenvalue weighted by molar-refractivity contribution is 8.14. The van der Waals surface area contributed by atoms with Crippen LogP contribution in [0.1, 0.15) is 24.5 Å². The van der Waals surface area contributed by atoms with Crippen molar-refractivity contribution >= 4 is 28.5 Å². The van der Waals surface area contributed by atoms with Crippen LogP contribution in [0, 0.1) is 0 Å². The van der Waals surface area contributed by atoms with Gasteiger partial charge in [-0.05, 0) is 29.7 Å². The van der Waals surface area contributed by atoms with Crippen LogP contribution in [0.2, 0.25) is 0 Å². The molecule has 1 heterocycles. The molecule has 1 atom stereocenters. The lowest BCUT2D eigenvalue weighted by Crippen LogP contribution is -2.24. The molecule has 0 spiro atoms. The van der Waals surface area contributed by atoms with E-state index in [1.54, 1.807) is 11.8 Å². The second-order valence-electron chi connectivity index (χ2n) is 5.77. The average molecular weight is 325 g/mol. The van der Waals surface area contributed by atoms with Crippen LogP contribution in [0.25, 0.3) is 0 Å². The van der Waals surface area contributed by atoms with Crippen molar-refractivity contribution in [1.29, 1.82) is 0 Å². The number of hydrogen-bond donors (Lipinski definition) is 0. The SMILES string of the molecule is CC(=O)SC1CC(=O)N(c2ccc(Cc3ccccc3)cc2)C1. The van der Waals surface area contributed by atoms with Crippen LogP contribution in [0.5, 0.6) is 0 Å². The maximum absolute atomic E-state index is 12.1. The van der Waals surface area contributed by atoms with Crippen LogP contribution in [-0.2, 0) is 16.0 Å². The van der Waals surface area contributed by atoms with Gasteiger partial charge >= 0.3 is 0 Å². The second kappa shape index (κ2) is 7.01. The van der Waals surface area contributed by atoms with E-state index in [-0.39, 0.29) is 16.3 Å². The van der Waals surface area contributed by atoms with Gasteiger partial charge < -0.3 is 4.90 Å². The van der Waals surface area contributed by atoms with Crippen LogP contribution in [-0.4, -0.2) is 22.8 Å². The monoisotopic (exact) mass is 325 g/mol. The molecule has 23 heavy (non-hydrogen) atoms. The number of thioether (sulfide) groups is 1. The summed E-state index contributed by atoms with van der Waals surface area (Å²) in [4.78, 5) is 25.1. The Morgan fingerprint density at radius 1 is 1.09 bits per heavy atom. The average Bonchev–Trinajstić information content (AvgIpc) is 2.89. The predicted octanol–water partition coefficient (Wildman–Crippen LogP) is 3.66. The first-order valence-corrected chi connectivity index (χ1v) is 8.60. The van der Waals surface area contributed by atoms with Crippen molar-refractivity contribution in [3.05, 3.63) is 65.7 Å². The van der Waals surface area contributed by atoms with Gasteiger partial charge in [-0.1, -0.05) is 54.2 Å². The quantitative estimate of drug-likeness (QED) is 0.861. The molecule has 1 aliphatic rings. The van der Waals surface area contributed by atoms with Crippen molar-refractivity contribution in [2.24, 2.45) is 0 Å². The van der Waals surface area contributed by atoms with E-state index in [1.165, 1.54) is 22.9 Å². The first kappa shape index (κ1) is 15.8. The minimum Gasteiger partial charge on any atom is -0.311 e. The summed E-state index contributed by atoms with van der Waals surface area (Å²) in [6.07, 6.45) is 1.33. The van der Waals surface area contributed by atoms with Gasteiger partial charge in [0.05, 0.1) is 0 Å². The molecule has 0 saturated carbocycles. The Morgan fingerprint density at radius 2 is 1.74 bits per heavy atom. The Hall–Kier alpha value is -2.07. The Bertz CT molecular complexity index is 697. The molecule has 118 valence electrons. The molecule has 1 aliphatic heterocycles. The van der Waals surface area contributed by atoms with E-state index < -0.39 is 0 Å². The molecule has 0 aromatic heterocycles. The second-order valence-corrected chi connectivity index (χ2v) is 7.25. The number of carbonyl (C=O) groups excluding carboxylic acids is 2. The number of benzene rings is 2. The smallest absolute Gasteiger partial charge is 0.228 e. The molecule has 0 radical (unpaired) electrons. The fraction of sp³-hybridized carbons (Fsp3) is 0.263. The van der Waals surface area contributed by atoms with Gasteiger partial charge in [-0.2, -0.15) is 0 Å². The number of rotatable bonds is 4. The van der Waals surface area contributed by atoms with Crippen LogP contribution in [0.3, 0.4) is 0 Å². The first-order chi connectivity index (χ1) is 11.1. The number of carbonyl (C=O) groups is 2. The highest BCUT2D eigenvalue weighted by atomic mass is 32.2. The van der Waals surface area contributed by atoms with Gasteiger partial charge in [0, 0.05) is 30.8 Å². The van der Waals surface area contributed by atoms with E-state index in [2.05, 4.69) is 24.3 Å². The number of amides is 1. The van der Waals surface area contributed by atoms with Crippen molar-refractivity contribution in [1.82, 2.24) is 0 Å². The number of hydrogen-bond acceptors (Lipinski definition) is 3. The highest BCUT2D eigenvalue weighted by Gasteiger charge is 2.31. The largest absolute Gasteiger partial charge is 0.311 e. The molecule has 0 bridgehead atoms. The minimum atomic E-state index is 0.0721. The summed E-state index contributed by atoms with van der Waals surface area (Å²) in [6.45, 7) is 2.16. The Kier molecular flexibility index (Phi) is 4.82. The maximum atomic E-state index is 12.1. The molecule has 3 nitrogen and oxygen atoms in total.